The van der Waals surface area contributed by atoms with Crippen molar-refractivity contribution in [2.45, 2.75) is 39.2 Å². The van der Waals surface area contributed by atoms with Crippen molar-refractivity contribution in [3.63, 3.8) is 0 Å². The molecular formula is C15H22N4. The maximum absolute atomic E-state index is 9.32. The molecule has 0 aromatic carbocycles. The highest BCUT2D eigenvalue weighted by molar-refractivity contribution is 5.57. The van der Waals surface area contributed by atoms with Crippen molar-refractivity contribution in [3.05, 3.63) is 23.4 Å². The van der Waals surface area contributed by atoms with Gasteiger partial charge >= 0.3 is 0 Å². The van der Waals surface area contributed by atoms with Crippen LogP contribution in [0.5, 0.6) is 0 Å². The van der Waals surface area contributed by atoms with Crippen molar-refractivity contribution in [1.29, 1.82) is 5.26 Å². The number of nitrogens with zero attached hydrogens (tertiary/aromatic N) is 3. The van der Waals surface area contributed by atoms with Crippen molar-refractivity contribution >= 4 is 5.82 Å². The summed E-state index contributed by atoms with van der Waals surface area (Å²) < 4.78 is 0. The lowest BCUT2D eigenvalue weighted by Gasteiger charge is -2.31. The molecule has 4 heteroatoms. The second-order valence-corrected chi connectivity index (χ2v) is 5.12. The Kier molecular flexibility index (Phi) is 4.75. The second kappa shape index (κ2) is 6.53. The van der Waals surface area contributed by atoms with Gasteiger partial charge < -0.3 is 10.2 Å². The Hall–Kier alpha value is -1.60. The molecule has 1 aromatic rings. The summed E-state index contributed by atoms with van der Waals surface area (Å²) in [5.74, 6) is 0.831. The topological polar surface area (TPSA) is 52.0 Å². The van der Waals surface area contributed by atoms with Gasteiger partial charge in [-0.2, -0.15) is 5.26 Å². The number of likely N-dealkylation sites (N-methyl/N-ethyl adjacent to an activating group) is 1. The zero-order valence-corrected chi connectivity index (χ0v) is 11.8. The number of aryl methyl sites for hydroxylation is 1. The molecule has 1 aliphatic rings. The molecule has 1 saturated heterocycles. The molecule has 0 saturated carbocycles. The van der Waals surface area contributed by atoms with E-state index < -0.39 is 0 Å². The number of rotatable bonds is 4. The van der Waals surface area contributed by atoms with Crippen molar-refractivity contribution in [2.75, 3.05) is 24.5 Å². The van der Waals surface area contributed by atoms with Crippen LogP contribution in [-0.2, 0) is 0 Å². The molecule has 1 unspecified atom stereocenters. The predicted molar refractivity (Wildman–Crippen MR) is 77.2 cm³/mol. The minimum Gasteiger partial charge on any atom is -0.354 e. The quantitative estimate of drug-likeness (QED) is 0.900. The summed E-state index contributed by atoms with van der Waals surface area (Å²) in [4.78, 5) is 6.64. The average Bonchev–Trinajstić information content (AvgIpc) is 2.45. The fraction of sp³-hybridized carbons (Fsp3) is 0.600. The zero-order valence-electron chi connectivity index (χ0n) is 11.8. The maximum atomic E-state index is 9.32. The molecule has 0 aliphatic carbocycles. The number of anilines is 1. The Balaban J connectivity index is 2.17. The molecule has 1 fully saturated rings. The van der Waals surface area contributed by atoms with Crippen LogP contribution in [0, 0.1) is 18.3 Å². The molecule has 2 heterocycles. The molecule has 4 nitrogen and oxygen atoms in total. The maximum Gasteiger partial charge on any atom is 0.146 e. The summed E-state index contributed by atoms with van der Waals surface area (Å²) in [5.41, 5.74) is 1.71. The van der Waals surface area contributed by atoms with E-state index in [1.807, 2.05) is 13.0 Å². The molecule has 1 aliphatic heterocycles. The summed E-state index contributed by atoms with van der Waals surface area (Å²) >= 11 is 0. The Morgan fingerprint density at radius 2 is 2.37 bits per heavy atom. The first-order chi connectivity index (χ1) is 9.26. The van der Waals surface area contributed by atoms with E-state index in [4.69, 9.17) is 0 Å². The van der Waals surface area contributed by atoms with Crippen LogP contribution in [0.2, 0.25) is 0 Å². The summed E-state index contributed by atoms with van der Waals surface area (Å²) in [6.45, 7) is 7.00. The van der Waals surface area contributed by atoms with Gasteiger partial charge in [-0.25, -0.2) is 4.98 Å². The summed E-state index contributed by atoms with van der Waals surface area (Å²) in [6.07, 6.45) is 5.57. The third kappa shape index (κ3) is 3.24. The molecule has 102 valence electrons. The Morgan fingerprint density at radius 3 is 3.00 bits per heavy atom. The lowest BCUT2D eigenvalue weighted by Crippen LogP contribution is -2.44. The summed E-state index contributed by atoms with van der Waals surface area (Å²) in [6, 6.07) is 4.71. The van der Waals surface area contributed by atoms with Gasteiger partial charge in [-0.1, -0.05) is 6.42 Å². The lowest BCUT2D eigenvalue weighted by molar-refractivity contribution is 0.399. The van der Waals surface area contributed by atoms with Gasteiger partial charge in [0.05, 0.1) is 5.56 Å². The average molecular weight is 258 g/mol. The predicted octanol–water partition coefficient (Wildman–Crippen LogP) is 2.23. The summed E-state index contributed by atoms with van der Waals surface area (Å²) in [5, 5.41) is 12.9. The molecule has 0 radical (unpaired) electrons. The number of nitriles is 1. The first-order valence-corrected chi connectivity index (χ1v) is 7.10. The standard InChI is InChI=1S/C15H22N4/c1-3-19(11-13-6-4-5-8-17-13)15-14(10-16)12(2)7-9-18-15/h7,9,13,17H,3-6,8,11H2,1-2H3. The molecule has 19 heavy (non-hydrogen) atoms. The molecule has 1 N–H and O–H groups in total. The van der Waals surface area contributed by atoms with Crippen LogP contribution < -0.4 is 10.2 Å². The van der Waals surface area contributed by atoms with Gasteiger partial charge in [0.15, 0.2) is 0 Å². The first kappa shape index (κ1) is 13.8. The van der Waals surface area contributed by atoms with Crippen molar-refractivity contribution in [3.8, 4) is 6.07 Å². The van der Waals surface area contributed by atoms with Gasteiger partial charge in [-0.15, -0.1) is 0 Å². The fourth-order valence-electron chi connectivity index (χ4n) is 2.63. The van der Waals surface area contributed by atoms with Gasteiger partial charge in [0.25, 0.3) is 0 Å². The zero-order chi connectivity index (χ0) is 13.7. The molecule has 0 spiro atoms. The van der Waals surface area contributed by atoms with Crippen LogP contribution in [-0.4, -0.2) is 30.7 Å². The smallest absolute Gasteiger partial charge is 0.146 e. The third-order valence-electron chi connectivity index (χ3n) is 3.79. The molecule has 0 bridgehead atoms. The largest absolute Gasteiger partial charge is 0.354 e. The SMILES string of the molecule is CCN(CC1CCCCN1)c1nccc(C)c1C#N. The van der Waals surface area contributed by atoms with Crippen LogP contribution in [0.1, 0.15) is 37.3 Å². The summed E-state index contributed by atoms with van der Waals surface area (Å²) in [7, 11) is 0. The van der Waals surface area contributed by atoms with Crippen LogP contribution in [0.15, 0.2) is 12.3 Å². The van der Waals surface area contributed by atoms with Crippen LogP contribution >= 0.6 is 0 Å². The molecule has 1 aromatic heterocycles. The number of hydrogen-bond donors (Lipinski definition) is 1. The number of piperidine rings is 1. The fourth-order valence-corrected chi connectivity index (χ4v) is 2.63. The van der Waals surface area contributed by atoms with E-state index >= 15 is 0 Å². The van der Waals surface area contributed by atoms with Gasteiger partial charge in [0.1, 0.15) is 11.9 Å². The van der Waals surface area contributed by atoms with Crippen LogP contribution in [0.4, 0.5) is 5.82 Å². The van der Waals surface area contributed by atoms with Crippen molar-refractivity contribution < 1.29 is 0 Å². The van der Waals surface area contributed by atoms with E-state index in [9.17, 15) is 5.26 Å². The minimum atomic E-state index is 0.516. The minimum absolute atomic E-state index is 0.516. The molecule has 1 atom stereocenters. The van der Waals surface area contributed by atoms with Gasteiger partial charge in [0, 0.05) is 25.3 Å². The Morgan fingerprint density at radius 1 is 1.53 bits per heavy atom. The van der Waals surface area contributed by atoms with Crippen LogP contribution in [0.3, 0.4) is 0 Å². The number of nitrogens with one attached hydrogen (secondary N) is 1. The third-order valence-corrected chi connectivity index (χ3v) is 3.79. The molecule has 2 rings (SSSR count). The van der Waals surface area contributed by atoms with Gasteiger partial charge in [-0.3, -0.25) is 0 Å². The highest BCUT2D eigenvalue weighted by Crippen LogP contribution is 2.21. The lowest BCUT2D eigenvalue weighted by atomic mass is 10.0. The van der Waals surface area contributed by atoms with Crippen molar-refractivity contribution in [1.82, 2.24) is 10.3 Å². The van der Waals surface area contributed by atoms with Gasteiger partial charge in [0.2, 0.25) is 0 Å². The number of hydrogen-bond acceptors (Lipinski definition) is 4. The monoisotopic (exact) mass is 258 g/mol. The van der Waals surface area contributed by atoms with E-state index in [2.05, 4.69) is 28.2 Å². The van der Waals surface area contributed by atoms with Gasteiger partial charge in [-0.05, 0) is 44.9 Å². The van der Waals surface area contributed by atoms with E-state index in [0.717, 1.165) is 31.0 Å². The highest BCUT2D eigenvalue weighted by Gasteiger charge is 2.19. The van der Waals surface area contributed by atoms with E-state index in [1.165, 1.54) is 19.3 Å². The van der Waals surface area contributed by atoms with E-state index in [-0.39, 0.29) is 0 Å². The number of pyridine rings is 1. The van der Waals surface area contributed by atoms with E-state index in [0.29, 0.717) is 11.6 Å². The molecule has 0 amide bonds. The first-order valence-electron chi connectivity index (χ1n) is 7.10. The van der Waals surface area contributed by atoms with Crippen LogP contribution in [0.25, 0.3) is 0 Å². The normalized spacial score (nSPS) is 18.9. The Labute approximate surface area is 115 Å². The second-order valence-electron chi connectivity index (χ2n) is 5.12. The number of aromatic nitrogens is 1. The van der Waals surface area contributed by atoms with E-state index in [1.54, 1.807) is 6.20 Å². The highest BCUT2D eigenvalue weighted by atomic mass is 15.2. The molecular weight excluding hydrogens is 236 g/mol. The Bertz CT molecular complexity index is 458. The van der Waals surface area contributed by atoms with Crippen molar-refractivity contribution in [2.24, 2.45) is 0 Å².